The summed E-state index contributed by atoms with van der Waals surface area (Å²) in [5, 5.41) is 2.61. The summed E-state index contributed by atoms with van der Waals surface area (Å²) in [6.45, 7) is 0.0146. The molecule has 0 aliphatic rings. The third-order valence-electron chi connectivity index (χ3n) is 3.42. The van der Waals surface area contributed by atoms with Crippen molar-refractivity contribution in [2.75, 3.05) is 13.2 Å². The molecule has 0 aromatic heterocycles. The molecular formula is C18H16F3NO3. The number of carbonyl (C=O) groups excluding carboxylic acids is 2. The van der Waals surface area contributed by atoms with Gasteiger partial charge >= 0.3 is 6.18 Å². The van der Waals surface area contributed by atoms with Crippen molar-refractivity contribution < 1.29 is 27.5 Å². The fraction of sp³-hybridized carbons (Fsp3) is 0.222. The molecule has 0 radical (unpaired) electrons. The van der Waals surface area contributed by atoms with Crippen molar-refractivity contribution in [2.24, 2.45) is 0 Å². The Hall–Kier alpha value is -2.83. The van der Waals surface area contributed by atoms with Gasteiger partial charge in [0.05, 0.1) is 11.1 Å². The Labute approximate surface area is 142 Å². The number of amides is 1. The van der Waals surface area contributed by atoms with Gasteiger partial charge in [0.1, 0.15) is 5.75 Å². The fourth-order valence-corrected chi connectivity index (χ4v) is 2.11. The molecule has 132 valence electrons. The van der Waals surface area contributed by atoms with E-state index in [1.807, 2.05) is 0 Å². The molecule has 1 amide bonds. The minimum absolute atomic E-state index is 0.252. The number of hydrogen-bond donors (Lipinski definition) is 1. The van der Waals surface area contributed by atoms with Gasteiger partial charge in [-0.05, 0) is 36.2 Å². The topological polar surface area (TPSA) is 55.4 Å². The van der Waals surface area contributed by atoms with Gasteiger partial charge in [0.2, 0.25) is 0 Å². The Bertz CT molecular complexity index is 727. The Morgan fingerprint density at radius 1 is 1.08 bits per heavy atom. The van der Waals surface area contributed by atoms with Crippen LogP contribution in [-0.2, 0) is 17.4 Å². The Morgan fingerprint density at radius 3 is 2.40 bits per heavy atom. The highest BCUT2D eigenvalue weighted by Crippen LogP contribution is 2.29. The SMILES string of the molecule is O=Cc1ccccc1OCC(=O)NCCc1ccc(C(F)(F)F)cc1. The lowest BCUT2D eigenvalue weighted by Crippen LogP contribution is -2.30. The van der Waals surface area contributed by atoms with Gasteiger partial charge in [0.25, 0.3) is 5.91 Å². The van der Waals surface area contributed by atoms with E-state index in [1.165, 1.54) is 12.1 Å². The average molecular weight is 351 g/mol. The largest absolute Gasteiger partial charge is 0.483 e. The van der Waals surface area contributed by atoms with Crippen LogP contribution < -0.4 is 10.1 Å². The highest BCUT2D eigenvalue weighted by Gasteiger charge is 2.29. The maximum Gasteiger partial charge on any atom is 0.416 e. The smallest absolute Gasteiger partial charge is 0.416 e. The zero-order valence-electron chi connectivity index (χ0n) is 13.2. The third-order valence-corrected chi connectivity index (χ3v) is 3.42. The molecule has 0 saturated carbocycles. The van der Waals surface area contributed by atoms with Gasteiger partial charge in [-0.25, -0.2) is 0 Å². The van der Waals surface area contributed by atoms with Crippen LogP contribution in [0.3, 0.4) is 0 Å². The molecule has 0 aliphatic heterocycles. The minimum Gasteiger partial charge on any atom is -0.483 e. The molecule has 2 aromatic rings. The summed E-state index contributed by atoms with van der Waals surface area (Å²) in [6.07, 6.45) is -3.32. The summed E-state index contributed by atoms with van der Waals surface area (Å²) >= 11 is 0. The second-order valence-corrected chi connectivity index (χ2v) is 5.24. The molecule has 0 aliphatic carbocycles. The van der Waals surface area contributed by atoms with Crippen molar-refractivity contribution in [3.05, 3.63) is 65.2 Å². The number of nitrogens with one attached hydrogen (secondary N) is 1. The summed E-state index contributed by atoms with van der Waals surface area (Å²) in [5.74, 6) is -0.0667. The van der Waals surface area contributed by atoms with Crippen LogP contribution >= 0.6 is 0 Å². The van der Waals surface area contributed by atoms with Gasteiger partial charge < -0.3 is 10.1 Å². The maximum atomic E-state index is 12.5. The minimum atomic E-state index is -4.36. The molecule has 0 bridgehead atoms. The van der Waals surface area contributed by atoms with Crippen LogP contribution in [0.15, 0.2) is 48.5 Å². The summed E-state index contributed by atoms with van der Waals surface area (Å²) in [6, 6.07) is 11.3. The van der Waals surface area contributed by atoms with Crippen LogP contribution in [-0.4, -0.2) is 25.3 Å². The summed E-state index contributed by atoms with van der Waals surface area (Å²) in [7, 11) is 0. The normalized spacial score (nSPS) is 11.0. The first kappa shape index (κ1) is 18.5. The molecular weight excluding hydrogens is 335 g/mol. The molecule has 25 heavy (non-hydrogen) atoms. The molecule has 2 aromatic carbocycles. The van der Waals surface area contributed by atoms with Gasteiger partial charge in [-0.15, -0.1) is 0 Å². The van der Waals surface area contributed by atoms with E-state index in [-0.39, 0.29) is 19.1 Å². The molecule has 7 heteroatoms. The molecule has 2 rings (SSSR count). The van der Waals surface area contributed by atoms with Crippen molar-refractivity contribution in [1.82, 2.24) is 5.32 Å². The van der Waals surface area contributed by atoms with E-state index in [9.17, 15) is 22.8 Å². The fourth-order valence-electron chi connectivity index (χ4n) is 2.11. The highest BCUT2D eigenvalue weighted by molar-refractivity contribution is 5.80. The van der Waals surface area contributed by atoms with Crippen LogP contribution in [0, 0.1) is 0 Å². The summed E-state index contributed by atoms with van der Waals surface area (Å²) < 4.78 is 42.7. The van der Waals surface area contributed by atoms with Crippen LogP contribution in [0.5, 0.6) is 5.75 Å². The van der Waals surface area contributed by atoms with E-state index < -0.39 is 11.7 Å². The predicted octanol–water partition coefficient (Wildman–Crippen LogP) is 3.26. The lowest BCUT2D eigenvalue weighted by Gasteiger charge is -2.10. The van der Waals surface area contributed by atoms with E-state index in [1.54, 1.807) is 24.3 Å². The lowest BCUT2D eigenvalue weighted by atomic mass is 10.1. The van der Waals surface area contributed by atoms with E-state index in [0.717, 1.165) is 12.1 Å². The number of ether oxygens (including phenoxy) is 1. The average Bonchev–Trinajstić information content (AvgIpc) is 2.60. The molecule has 1 N–H and O–H groups in total. The van der Waals surface area contributed by atoms with Crippen LogP contribution in [0.2, 0.25) is 0 Å². The number of hydrogen-bond acceptors (Lipinski definition) is 3. The third kappa shape index (κ3) is 5.63. The predicted molar refractivity (Wildman–Crippen MR) is 85.5 cm³/mol. The Kier molecular flexibility index (Phi) is 6.16. The monoisotopic (exact) mass is 351 g/mol. The first-order valence-electron chi connectivity index (χ1n) is 7.50. The van der Waals surface area contributed by atoms with E-state index >= 15 is 0 Å². The standard InChI is InChI=1S/C18H16F3NO3/c19-18(20,21)15-7-5-13(6-8-15)9-10-22-17(24)12-25-16-4-2-1-3-14(16)11-23/h1-8,11H,9-10,12H2,(H,22,24). The number of aldehydes is 1. The zero-order chi connectivity index (χ0) is 18.3. The second kappa shape index (κ2) is 8.32. The number of halogens is 3. The van der Waals surface area contributed by atoms with Gasteiger partial charge in [0.15, 0.2) is 12.9 Å². The van der Waals surface area contributed by atoms with E-state index in [2.05, 4.69) is 5.32 Å². The van der Waals surface area contributed by atoms with Gasteiger partial charge in [-0.1, -0.05) is 24.3 Å². The Morgan fingerprint density at radius 2 is 1.76 bits per heavy atom. The van der Waals surface area contributed by atoms with Crippen LogP contribution in [0.1, 0.15) is 21.5 Å². The van der Waals surface area contributed by atoms with Crippen molar-refractivity contribution in [2.45, 2.75) is 12.6 Å². The number of para-hydroxylation sites is 1. The maximum absolute atomic E-state index is 12.5. The first-order valence-corrected chi connectivity index (χ1v) is 7.50. The lowest BCUT2D eigenvalue weighted by molar-refractivity contribution is -0.137. The quantitative estimate of drug-likeness (QED) is 0.779. The van der Waals surface area contributed by atoms with E-state index in [4.69, 9.17) is 4.74 Å². The molecule has 0 saturated heterocycles. The molecule has 0 spiro atoms. The molecule has 0 atom stereocenters. The second-order valence-electron chi connectivity index (χ2n) is 5.24. The first-order chi connectivity index (χ1) is 11.9. The van der Waals surface area contributed by atoms with Crippen LogP contribution in [0.4, 0.5) is 13.2 Å². The number of rotatable bonds is 7. The van der Waals surface area contributed by atoms with E-state index in [0.29, 0.717) is 29.6 Å². The van der Waals surface area contributed by atoms with Gasteiger partial charge in [-0.2, -0.15) is 13.2 Å². The number of alkyl halides is 3. The molecule has 0 unspecified atom stereocenters. The summed E-state index contributed by atoms with van der Waals surface area (Å²) in [4.78, 5) is 22.6. The van der Waals surface area contributed by atoms with Crippen LogP contribution in [0.25, 0.3) is 0 Å². The van der Waals surface area contributed by atoms with Crippen molar-refractivity contribution in [3.63, 3.8) is 0 Å². The molecule has 0 fully saturated rings. The molecule has 4 nitrogen and oxygen atoms in total. The Balaban J connectivity index is 1.76. The number of benzene rings is 2. The van der Waals surface area contributed by atoms with Crippen molar-refractivity contribution in [3.8, 4) is 5.75 Å². The van der Waals surface area contributed by atoms with Crippen molar-refractivity contribution >= 4 is 12.2 Å². The van der Waals surface area contributed by atoms with Crippen molar-refractivity contribution in [1.29, 1.82) is 0 Å². The summed E-state index contributed by atoms with van der Waals surface area (Å²) in [5.41, 5.74) is 0.322. The zero-order valence-corrected chi connectivity index (χ0v) is 13.2. The van der Waals surface area contributed by atoms with Gasteiger partial charge in [-0.3, -0.25) is 9.59 Å². The number of carbonyl (C=O) groups is 2. The molecule has 0 heterocycles. The highest BCUT2D eigenvalue weighted by atomic mass is 19.4. The van der Waals surface area contributed by atoms with Gasteiger partial charge in [0, 0.05) is 6.54 Å².